The van der Waals surface area contributed by atoms with Gasteiger partial charge in [-0.25, -0.2) is 0 Å². The van der Waals surface area contributed by atoms with Gasteiger partial charge in [-0.1, -0.05) is 17.7 Å². The van der Waals surface area contributed by atoms with Crippen LogP contribution in [0.4, 0.5) is 5.69 Å². The van der Waals surface area contributed by atoms with Crippen molar-refractivity contribution in [1.29, 1.82) is 0 Å². The van der Waals surface area contributed by atoms with Crippen molar-refractivity contribution in [3.8, 4) is 0 Å². The number of halogens is 1. The molecule has 1 atom stereocenters. The predicted molar refractivity (Wildman–Crippen MR) is 74.8 cm³/mol. The molecule has 7 nitrogen and oxygen atoms in total. The highest BCUT2D eigenvalue weighted by atomic mass is 35.5. The number of nitro groups is 1. The summed E-state index contributed by atoms with van der Waals surface area (Å²) in [4.78, 5) is 21.1. The quantitative estimate of drug-likeness (QED) is 0.597. The summed E-state index contributed by atoms with van der Waals surface area (Å²) < 4.78 is 5.21. The van der Waals surface area contributed by atoms with Gasteiger partial charge >= 0.3 is 0 Å². The van der Waals surface area contributed by atoms with Gasteiger partial charge in [0.05, 0.1) is 11.2 Å². The zero-order valence-electron chi connectivity index (χ0n) is 11.4. The first-order valence-corrected chi connectivity index (χ1v) is 6.84. The molecule has 116 valence electrons. The van der Waals surface area contributed by atoms with Crippen LogP contribution in [-0.2, 0) is 11.3 Å². The maximum absolute atomic E-state index is 10.9. The van der Waals surface area contributed by atoms with E-state index < -0.39 is 16.9 Å². The van der Waals surface area contributed by atoms with Crippen molar-refractivity contribution >= 4 is 23.3 Å². The van der Waals surface area contributed by atoms with Gasteiger partial charge in [0.25, 0.3) is 5.69 Å². The Balaban J connectivity index is 2.11. The Morgan fingerprint density at radius 3 is 2.77 bits per heavy atom. The van der Waals surface area contributed by atoms with Crippen LogP contribution in [0.1, 0.15) is 23.8 Å². The summed E-state index contributed by atoms with van der Waals surface area (Å²) >= 11 is 5.75. The lowest BCUT2D eigenvalue weighted by molar-refractivity contribution is -0.712. The summed E-state index contributed by atoms with van der Waals surface area (Å²) in [5, 5.41) is 23.5. The summed E-state index contributed by atoms with van der Waals surface area (Å²) in [6.45, 7) is 0.344. The average Bonchev–Trinajstić information content (AvgIpc) is 2.98. The molecule has 0 bridgehead atoms. The second kappa shape index (κ2) is 7.06. The van der Waals surface area contributed by atoms with E-state index in [9.17, 15) is 20.0 Å². The number of furan rings is 1. The van der Waals surface area contributed by atoms with Crippen LogP contribution in [0.25, 0.3) is 0 Å². The lowest BCUT2D eigenvalue weighted by Crippen LogP contribution is -2.84. The largest absolute Gasteiger partial charge is 0.550 e. The topological polar surface area (TPSA) is 113 Å². The third-order valence-corrected chi connectivity index (χ3v) is 3.46. The number of carboxylic acids is 1. The van der Waals surface area contributed by atoms with Crippen molar-refractivity contribution in [2.75, 3.05) is 0 Å². The van der Waals surface area contributed by atoms with Gasteiger partial charge in [-0.2, -0.15) is 0 Å². The molecule has 0 fully saturated rings. The summed E-state index contributed by atoms with van der Waals surface area (Å²) in [6, 6.07) is 7.35. The maximum Gasteiger partial charge on any atom is 0.288 e. The molecule has 0 saturated heterocycles. The lowest BCUT2D eigenvalue weighted by atomic mass is 10.1. The third kappa shape index (κ3) is 4.06. The van der Waals surface area contributed by atoms with Crippen LogP contribution in [0.3, 0.4) is 0 Å². The molecule has 8 heteroatoms. The van der Waals surface area contributed by atoms with E-state index in [-0.39, 0.29) is 17.1 Å². The van der Waals surface area contributed by atoms with Crippen molar-refractivity contribution in [2.45, 2.75) is 19.0 Å². The molecule has 0 aliphatic heterocycles. The number of hydrogen-bond acceptors (Lipinski definition) is 5. The number of benzene rings is 1. The predicted octanol–water partition coefficient (Wildman–Crippen LogP) is 0.786. The number of carboxylic acid groups (broad SMARTS) is 1. The van der Waals surface area contributed by atoms with Crippen LogP contribution >= 0.6 is 11.6 Å². The molecule has 0 saturated carbocycles. The zero-order valence-corrected chi connectivity index (χ0v) is 12.2. The first-order chi connectivity index (χ1) is 10.5. The smallest absolute Gasteiger partial charge is 0.288 e. The standard InChI is InChI=1S/C14H13ClN2O5/c15-10-4-3-9(6-12(10)17(20)21)8-16-11(7-14(18)19)13-2-1-5-22-13/h1-6,11,16H,7-8H2,(H,18,19). The molecule has 2 N–H and O–H groups in total. The number of hydrogen-bond donors (Lipinski definition) is 1. The Bertz CT molecular complexity index is 672. The molecule has 1 unspecified atom stereocenters. The van der Waals surface area contributed by atoms with E-state index in [4.69, 9.17) is 16.0 Å². The molecular formula is C14H13ClN2O5. The highest BCUT2D eigenvalue weighted by molar-refractivity contribution is 6.32. The average molecular weight is 325 g/mol. The molecule has 0 aliphatic rings. The van der Waals surface area contributed by atoms with Crippen molar-refractivity contribution < 1.29 is 24.6 Å². The molecule has 1 heterocycles. The minimum atomic E-state index is -1.19. The Morgan fingerprint density at radius 2 is 2.18 bits per heavy atom. The number of rotatable bonds is 7. The van der Waals surface area contributed by atoms with E-state index >= 15 is 0 Å². The maximum atomic E-state index is 10.9. The van der Waals surface area contributed by atoms with E-state index in [1.54, 1.807) is 23.5 Å². The Kier molecular flexibility index (Phi) is 5.13. The molecule has 0 amide bonds. The minimum absolute atomic E-state index is 0.0612. The van der Waals surface area contributed by atoms with Crippen LogP contribution in [0.2, 0.25) is 5.02 Å². The molecule has 1 aromatic carbocycles. The second-order valence-corrected chi connectivity index (χ2v) is 5.09. The second-order valence-electron chi connectivity index (χ2n) is 4.68. The molecule has 2 rings (SSSR count). The van der Waals surface area contributed by atoms with Gasteiger partial charge in [-0.15, -0.1) is 0 Å². The lowest BCUT2D eigenvalue weighted by Gasteiger charge is -2.14. The number of quaternary nitrogens is 1. The first kappa shape index (κ1) is 16.0. The Hall–Kier alpha value is -2.38. The van der Waals surface area contributed by atoms with Crippen molar-refractivity contribution in [3.63, 3.8) is 0 Å². The number of nitro benzene ring substituents is 1. The van der Waals surface area contributed by atoms with Crippen LogP contribution in [0.5, 0.6) is 0 Å². The molecule has 2 aromatic rings. The van der Waals surface area contributed by atoms with Gasteiger partial charge in [0.15, 0.2) is 5.76 Å². The summed E-state index contributed by atoms with van der Waals surface area (Å²) in [5.41, 5.74) is 0.480. The third-order valence-electron chi connectivity index (χ3n) is 3.14. The monoisotopic (exact) mass is 324 g/mol. The number of aliphatic carboxylic acids is 1. The summed E-state index contributed by atoms with van der Waals surface area (Å²) in [5.74, 6) is -0.688. The van der Waals surface area contributed by atoms with E-state index in [1.165, 1.54) is 18.4 Å². The van der Waals surface area contributed by atoms with E-state index in [0.29, 0.717) is 17.9 Å². The number of carbonyl (C=O) groups is 1. The van der Waals surface area contributed by atoms with Gasteiger partial charge in [0.1, 0.15) is 17.6 Å². The van der Waals surface area contributed by atoms with E-state index in [2.05, 4.69) is 0 Å². The van der Waals surface area contributed by atoms with Crippen LogP contribution in [0.15, 0.2) is 41.0 Å². The highest BCUT2D eigenvalue weighted by Crippen LogP contribution is 2.24. The van der Waals surface area contributed by atoms with Crippen LogP contribution in [0, 0.1) is 10.1 Å². The fourth-order valence-electron chi connectivity index (χ4n) is 2.09. The Morgan fingerprint density at radius 1 is 1.41 bits per heavy atom. The molecular weight excluding hydrogens is 312 g/mol. The SMILES string of the molecule is O=C([O-])CC([NH2+]Cc1ccc(Cl)c([N+](=O)[O-])c1)c1ccco1. The summed E-state index contributed by atoms with van der Waals surface area (Å²) in [6.07, 6.45) is 1.24. The zero-order chi connectivity index (χ0) is 16.1. The summed E-state index contributed by atoms with van der Waals surface area (Å²) in [7, 11) is 0. The molecule has 0 radical (unpaired) electrons. The molecule has 0 spiro atoms. The fourth-order valence-corrected chi connectivity index (χ4v) is 2.27. The highest BCUT2D eigenvalue weighted by Gasteiger charge is 2.19. The number of nitrogens with two attached hydrogens (primary N) is 1. The normalized spacial score (nSPS) is 12.0. The first-order valence-electron chi connectivity index (χ1n) is 6.46. The number of carbonyl (C=O) groups excluding carboxylic acids is 1. The van der Waals surface area contributed by atoms with Crippen LogP contribution < -0.4 is 10.4 Å². The molecule has 22 heavy (non-hydrogen) atoms. The van der Waals surface area contributed by atoms with Crippen LogP contribution in [-0.4, -0.2) is 10.9 Å². The molecule has 1 aromatic heterocycles. The van der Waals surface area contributed by atoms with Gasteiger partial charge in [-0.3, -0.25) is 10.1 Å². The van der Waals surface area contributed by atoms with Gasteiger partial charge in [-0.05, 0) is 18.2 Å². The van der Waals surface area contributed by atoms with Gasteiger partial charge in [0, 0.05) is 24.0 Å². The van der Waals surface area contributed by atoms with Crippen molar-refractivity contribution in [2.24, 2.45) is 0 Å². The van der Waals surface area contributed by atoms with Crippen molar-refractivity contribution in [3.05, 3.63) is 63.1 Å². The molecule has 0 aliphatic carbocycles. The number of nitrogens with zero attached hydrogens (tertiary/aromatic N) is 1. The van der Waals surface area contributed by atoms with E-state index in [0.717, 1.165) is 0 Å². The van der Waals surface area contributed by atoms with E-state index in [1.807, 2.05) is 0 Å². The van der Waals surface area contributed by atoms with Gasteiger partial charge < -0.3 is 19.6 Å². The van der Waals surface area contributed by atoms with Gasteiger partial charge in [0.2, 0.25) is 0 Å². The fraction of sp³-hybridized carbons (Fsp3) is 0.214. The minimum Gasteiger partial charge on any atom is -0.550 e. The Labute approximate surface area is 130 Å². The van der Waals surface area contributed by atoms with Crippen molar-refractivity contribution in [1.82, 2.24) is 0 Å².